The van der Waals surface area contributed by atoms with Crippen molar-refractivity contribution >= 4 is 29.1 Å². The Morgan fingerprint density at radius 3 is 2.79 bits per heavy atom. The van der Waals surface area contributed by atoms with E-state index >= 15 is 0 Å². The van der Waals surface area contributed by atoms with Crippen LogP contribution in [-0.4, -0.2) is 37.8 Å². The lowest BCUT2D eigenvalue weighted by molar-refractivity contribution is -0.131. The van der Waals surface area contributed by atoms with Gasteiger partial charge in [-0.15, -0.1) is 12.4 Å². The summed E-state index contributed by atoms with van der Waals surface area (Å²) in [7, 11) is 0. The van der Waals surface area contributed by atoms with Gasteiger partial charge in [0.25, 0.3) is 0 Å². The van der Waals surface area contributed by atoms with Crippen molar-refractivity contribution in [3.63, 3.8) is 0 Å². The van der Waals surface area contributed by atoms with Gasteiger partial charge in [0.1, 0.15) is 18.5 Å². The smallest absolute Gasteiger partial charge is 0.249 e. The second kappa shape index (κ2) is 8.87. The zero-order valence-electron chi connectivity index (χ0n) is 13.4. The van der Waals surface area contributed by atoms with Crippen molar-refractivity contribution < 1.29 is 14.3 Å². The number of halogens is 1. The highest BCUT2D eigenvalue weighted by molar-refractivity contribution is 5.88. The second-order valence-electron chi connectivity index (χ2n) is 5.68. The van der Waals surface area contributed by atoms with E-state index in [0.29, 0.717) is 19.7 Å². The van der Waals surface area contributed by atoms with Crippen molar-refractivity contribution in [1.29, 1.82) is 0 Å². The van der Waals surface area contributed by atoms with Crippen LogP contribution in [0.2, 0.25) is 0 Å². The lowest BCUT2D eigenvalue weighted by Crippen LogP contribution is -2.37. The summed E-state index contributed by atoms with van der Waals surface area (Å²) in [5, 5.41) is 5.07. The molecule has 0 spiro atoms. The largest absolute Gasteiger partial charge is 0.491 e. The van der Waals surface area contributed by atoms with Crippen LogP contribution < -0.4 is 15.8 Å². The van der Waals surface area contributed by atoms with Crippen molar-refractivity contribution in [3.8, 4) is 5.75 Å². The number of hydrogen-bond donors (Lipinski definition) is 2. The number of amides is 1. The van der Waals surface area contributed by atoms with Crippen LogP contribution in [0.4, 0.5) is 0 Å². The average molecular weight is 351 g/mol. The van der Waals surface area contributed by atoms with E-state index in [1.165, 1.54) is 0 Å². The minimum atomic E-state index is -0.374. The number of nitrogens with two attached hydrogens (primary N) is 1. The monoisotopic (exact) mass is 350 g/mol. The lowest BCUT2D eigenvalue weighted by atomic mass is 10.1. The van der Waals surface area contributed by atoms with Crippen molar-refractivity contribution in [3.05, 3.63) is 42.5 Å². The molecule has 0 aromatic heterocycles. The Labute approximate surface area is 147 Å². The zero-order chi connectivity index (χ0) is 16.1. The van der Waals surface area contributed by atoms with Crippen LogP contribution in [0.3, 0.4) is 0 Å². The number of fused-ring (bicyclic) bond motifs is 1. The second-order valence-corrected chi connectivity index (χ2v) is 5.68. The molecule has 24 heavy (non-hydrogen) atoms. The molecule has 2 aromatic carbocycles. The standard InChI is InChI=1S/C18H22N2O3.ClH/c19-12-14-8-9-17(23-14)18(21)20-10-11-22-16-7-3-5-13-4-1-2-6-15(13)16;/h1-7,14,17H,8-12,19H2,(H,20,21);1H/t14-,17+;/m1./s1. The Morgan fingerprint density at radius 2 is 2.00 bits per heavy atom. The van der Waals surface area contributed by atoms with E-state index in [4.69, 9.17) is 15.2 Å². The molecule has 1 fully saturated rings. The third kappa shape index (κ3) is 4.38. The molecule has 1 aliphatic heterocycles. The molecule has 2 atom stereocenters. The molecule has 5 nitrogen and oxygen atoms in total. The molecule has 3 N–H and O–H groups in total. The summed E-state index contributed by atoms with van der Waals surface area (Å²) in [5.74, 6) is 0.750. The Bertz CT molecular complexity index is 675. The Morgan fingerprint density at radius 1 is 1.21 bits per heavy atom. The van der Waals surface area contributed by atoms with E-state index in [9.17, 15) is 4.79 Å². The molecule has 6 heteroatoms. The van der Waals surface area contributed by atoms with Gasteiger partial charge >= 0.3 is 0 Å². The van der Waals surface area contributed by atoms with Crippen LogP contribution in [0.25, 0.3) is 10.8 Å². The van der Waals surface area contributed by atoms with Gasteiger partial charge in [0, 0.05) is 11.9 Å². The topological polar surface area (TPSA) is 73.6 Å². The van der Waals surface area contributed by atoms with E-state index in [-0.39, 0.29) is 30.5 Å². The number of rotatable bonds is 6. The fraction of sp³-hybridized carbons (Fsp3) is 0.389. The van der Waals surface area contributed by atoms with Crippen molar-refractivity contribution in [2.24, 2.45) is 5.73 Å². The highest BCUT2D eigenvalue weighted by Gasteiger charge is 2.29. The fourth-order valence-electron chi connectivity index (χ4n) is 2.84. The maximum absolute atomic E-state index is 12.0. The van der Waals surface area contributed by atoms with E-state index in [1.54, 1.807) is 0 Å². The summed E-state index contributed by atoms with van der Waals surface area (Å²) >= 11 is 0. The maximum Gasteiger partial charge on any atom is 0.249 e. The molecule has 1 amide bonds. The van der Waals surface area contributed by atoms with Crippen molar-refractivity contribution in [2.45, 2.75) is 25.0 Å². The van der Waals surface area contributed by atoms with Crippen LogP contribution in [0.5, 0.6) is 5.75 Å². The molecule has 2 aromatic rings. The fourth-order valence-corrected chi connectivity index (χ4v) is 2.84. The molecule has 0 bridgehead atoms. The summed E-state index contributed by atoms with van der Waals surface area (Å²) in [6, 6.07) is 14.0. The summed E-state index contributed by atoms with van der Waals surface area (Å²) in [5.41, 5.74) is 5.55. The molecule has 0 radical (unpaired) electrons. The van der Waals surface area contributed by atoms with Gasteiger partial charge in [0.2, 0.25) is 5.91 Å². The minimum absolute atomic E-state index is 0. The molecule has 3 rings (SSSR count). The number of carbonyl (C=O) groups excluding carboxylic acids is 1. The first-order chi connectivity index (χ1) is 11.3. The van der Waals surface area contributed by atoms with E-state index in [2.05, 4.69) is 17.4 Å². The molecule has 1 saturated heterocycles. The van der Waals surface area contributed by atoms with Gasteiger partial charge in [-0.1, -0.05) is 36.4 Å². The summed E-state index contributed by atoms with van der Waals surface area (Å²) in [4.78, 5) is 12.0. The SMILES string of the molecule is Cl.NC[C@H]1CC[C@@H](C(=O)NCCOc2cccc3ccccc23)O1. The van der Waals surface area contributed by atoms with Crippen LogP contribution in [0.15, 0.2) is 42.5 Å². The molecule has 0 saturated carbocycles. The normalized spacial score (nSPS) is 19.7. The van der Waals surface area contributed by atoms with E-state index in [0.717, 1.165) is 29.4 Å². The van der Waals surface area contributed by atoms with Crippen LogP contribution >= 0.6 is 12.4 Å². The van der Waals surface area contributed by atoms with E-state index in [1.807, 2.05) is 30.3 Å². The number of benzene rings is 2. The highest BCUT2D eigenvalue weighted by Crippen LogP contribution is 2.25. The Hall–Kier alpha value is -1.82. The molecule has 0 aliphatic carbocycles. The van der Waals surface area contributed by atoms with Gasteiger partial charge in [0.15, 0.2) is 0 Å². The van der Waals surface area contributed by atoms with Gasteiger partial charge < -0.3 is 20.5 Å². The number of carbonyl (C=O) groups is 1. The average Bonchev–Trinajstić information content (AvgIpc) is 3.08. The molecule has 130 valence electrons. The molecule has 1 aliphatic rings. The third-order valence-corrected chi connectivity index (χ3v) is 4.07. The predicted octanol–water partition coefficient (Wildman–Crippen LogP) is 2.26. The highest BCUT2D eigenvalue weighted by atomic mass is 35.5. The first-order valence-corrected chi connectivity index (χ1v) is 8.01. The maximum atomic E-state index is 12.0. The quantitative estimate of drug-likeness (QED) is 0.784. The van der Waals surface area contributed by atoms with Gasteiger partial charge in [-0.05, 0) is 24.3 Å². The van der Waals surface area contributed by atoms with Gasteiger partial charge in [-0.25, -0.2) is 0 Å². The Balaban J connectivity index is 0.00000208. The van der Waals surface area contributed by atoms with Crippen molar-refractivity contribution in [2.75, 3.05) is 19.7 Å². The number of ether oxygens (including phenoxy) is 2. The molecular weight excluding hydrogens is 328 g/mol. The number of nitrogens with one attached hydrogen (secondary N) is 1. The molecule has 0 unspecified atom stereocenters. The van der Waals surface area contributed by atoms with Crippen LogP contribution in [0, 0.1) is 0 Å². The third-order valence-electron chi connectivity index (χ3n) is 4.07. The number of hydrogen-bond acceptors (Lipinski definition) is 4. The molecule has 1 heterocycles. The summed E-state index contributed by atoms with van der Waals surface area (Å²) < 4.78 is 11.4. The summed E-state index contributed by atoms with van der Waals surface area (Å²) in [6.07, 6.45) is 1.22. The molecular formula is C18H23ClN2O3. The minimum Gasteiger partial charge on any atom is -0.491 e. The zero-order valence-corrected chi connectivity index (χ0v) is 14.3. The van der Waals surface area contributed by atoms with Gasteiger partial charge in [0.05, 0.1) is 12.6 Å². The van der Waals surface area contributed by atoms with Crippen LogP contribution in [-0.2, 0) is 9.53 Å². The lowest BCUT2D eigenvalue weighted by Gasteiger charge is -2.13. The van der Waals surface area contributed by atoms with Gasteiger partial charge in [-0.3, -0.25) is 4.79 Å². The first-order valence-electron chi connectivity index (χ1n) is 8.01. The Kier molecular flexibility index (Phi) is 6.85. The summed E-state index contributed by atoms with van der Waals surface area (Å²) in [6.45, 7) is 1.34. The van der Waals surface area contributed by atoms with Crippen molar-refractivity contribution in [1.82, 2.24) is 5.32 Å². The van der Waals surface area contributed by atoms with Crippen LogP contribution in [0.1, 0.15) is 12.8 Å². The van der Waals surface area contributed by atoms with E-state index < -0.39 is 0 Å². The predicted molar refractivity (Wildman–Crippen MR) is 96.7 cm³/mol. The van der Waals surface area contributed by atoms with Gasteiger partial charge in [-0.2, -0.15) is 0 Å². The first kappa shape index (κ1) is 18.5.